The Morgan fingerprint density at radius 3 is 2.76 bits per heavy atom. The zero-order valence-electron chi connectivity index (χ0n) is 13.0. The normalized spacial score (nSPS) is 27.8. The van der Waals surface area contributed by atoms with Crippen LogP contribution in [0.25, 0.3) is 0 Å². The van der Waals surface area contributed by atoms with E-state index in [1.54, 1.807) is 0 Å². The molecule has 0 aromatic carbocycles. The molecule has 0 spiro atoms. The van der Waals surface area contributed by atoms with Crippen LogP contribution in [0.1, 0.15) is 39.5 Å². The molecule has 0 aromatic heterocycles. The average Bonchev–Trinajstić information content (AvgIpc) is 2.46. The summed E-state index contributed by atoms with van der Waals surface area (Å²) in [6.07, 6.45) is 4.18. The highest BCUT2D eigenvalue weighted by Gasteiger charge is 2.35. The summed E-state index contributed by atoms with van der Waals surface area (Å²) < 4.78 is 0. The Bertz CT molecular complexity index is 388. The van der Waals surface area contributed by atoms with Crippen molar-refractivity contribution in [1.82, 2.24) is 15.1 Å². The first kappa shape index (κ1) is 16.1. The summed E-state index contributed by atoms with van der Waals surface area (Å²) in [4.78, 5) is 27.7. The smallest absolute Gasteiger partial charge is 0.317 e. The van der Waals surface area contributed by atoms with Crippen LogP contribution in [-0.4, -0.2) is 65.2 Å². The molecule has 3 unspecified atom stereocenters. The minimum Gasteiger partial charge on any atom is -0.481 e. The van der Waals surface area contributed by atoms with Gasteiger partial charge in [0.1, 0.15) is 0 Å². The number of carboxylic acid groups (broad SMARTS) is 1. The average molecular weight is 297 g/mol. The second kappa shape index (κ2) is 7.11. The molecule has 2 amide bonds. The molecule has 2 fully saturated rings. The van der Waals surface area contributed by atoms with Gasteiger partial charge in [-0.05, 0) is 32.7 Å². The zero-order chi connectivity index (χ0) is 15.4. The summed E-state index contributed by atoms with van der Waals surface area (Å²) >= 11 is 0. The maximum Gasteiger partial charge on any atom is 0.317 e. The third-order valence-electron chi connectivity index (χ3n) is 4.79. The summed E-state index contributed by atoms with van der Waals surface area (Å²) in [5.74, 6) is -1.34. The van der Waals surface area contributed by atoms with Gasteiger partial charge in [0.15, 0.2) is 0 Å². The highest BCUT2D eigenvalue weighted by molar-refractivity contribution is 5.76. The minimum atomic E-state index is -0.844. The number of amides is 2. The molecule has 120 valence electrons. The fourth-order valence-corrected chi connectivity index (χ4v) is 3.35. The fraction of sp³-hybridized carbons (Fsp3) is 0.867. The van der Waals surface area contributed by atoms with Crippen LogP contribution in [-0.2, 0) is 4.79 Å². The van der Waals surface area contributed by atoms with Gasteiger partial charge in [-0.15, -0.1) is 0 Å². The molecule has 2 heterocycles. The third-order valence-corrected chi connectivity index (χ3v) is 4.79. The Labute approximate surface area is 126 Å². The maximum absolute atomic E-state index is 12.3. The molecule has 2 saturated heterocycles. The molecule has 0 radical (unpaired) electrons. The van der Waals surface area contributed by atoms with E-state index in [4.69, 9.17) is 5.11 Å². The molecule has 6 nitrogen and oxygen atoms in total. The molecule has 0 aromatic rings. The third kappa shape index (κ3) is 3.87. The maximum atomic E-state index is 12.3. The minimum absolute atomic E-state index is 0.118. The highest BCUT2D eigenvalue weighted by atomic mass is 16.4. The van der Waals surface area contributed by atoms with E-state index in [0.29, 0.717) is 12.5 Å². The Balaban J connectivity index is 1.88. The molecule has 2 aliphatic rings. The summed E-state index contributed by atoms with van der Waals surface area (Å²) in [6, 6.07) is 0.541. The Hall–Kier alpha value is -1.30. The molecule has 21 heavy (non-hydrogen) atoms. The van der Waals surface area contributed by atoms with Crippen molar-refractivity contribution < 1.29 is 14.7 Å². The van der Waals surface area contributed by atoms with E-state index in [0.717, 1.165) is 26.1 Å². The Morgan fingerprint density at radius 1 is 1.33 bits per heavy atom. The van der Waals surface area contributed by atoms with Crippen molar-refractivity contribution in [2.45, 2.75) is 51.6 Å². The molecule has 3 atom stereocenters. The van der Waals surface area contributed by atoms with Gasteiger partial charge in [-0.2, -0.15) is 0 Å². The lowest BCUT2D eigenvalue weighted by Crippen LogP contribution is -2.62. The fourth-order valence-electron chi connectivity index (χ4n) is 3.35. The predicted molar refractivity (Wildman–Crippen MR) is 80.2 cm³/mol. The van der Waals surface area contributed by atoms with E-state index < -0.39 is 11.9 Å². The van der Waals surface area contributed by atoms with Gasteiger partial charge in [0, 0.05) is 31.7 Å². The number of fused-ring (bicyclic) bond motifs is 1. The predicted octanol–water partition coefficient (Wildman–Crippen LogP) is 1.37. The van der Waals surface area contributed by atoms with Crippen molar-refractivity contribution in [2.24, 2.45) is 5.92 Å². The number of nitrogens with zero attached hydrogens (tertiary/aromatic N) is 2. The number of aliphatic carboxylic acids is 1. The van der Waals surface area contributed by atoms with Gasteiger partial charge in [-0.25, -0.2) is 4.79 Å². The van der Waals surface area contributed by atoms with E-state index in [2.05, 4.69) is 17.1 Å². The Kier molecular flexibility index (Phi) is 5.45. The summed E-state index contributed by atoms with van der Waals surface area (Å²) in [5, 5.41) is 11.8. The topological polar surface area (TPSA) is 72.9 Å². The van der Waals surface area contributed by atoms with Crippen LogP contribution in [0.4, 0.5) is 4.79 Å². The monoisotopic (exact) mass is 297 g/mol. The number of urea groups is 1. The van der Waals surface area contributed by atoms with Gasteiger partial charge < -0.3 is 15.3 Å². The van der Waals surface area contributed by atoms with Crippen LogP contribution < -0.4 is 5.32 Å². The first-order chi connectivity index (χ1) is 10.0. The van der Waals surface area contributed by atoms with Crippen LogP contribution in [0.5, 0.6) is 0 Å². The summed E-state index contributed by atoms with van der Waals surface area (Å²) in [6.45, 7) is 6.93. The van der Waals surface area contributed by atoms with Gasteiger partial charge in [-0.3, -0.25) is 9.69 Å². The first-order valence-electron chi connectivity index (χ1n) is 8.04. The van der Waals surface area contributed by atoms with Crippen LogP contribution in [0.15, 0.2) is 0 Å². The molecule has 6 heteroatoms. The second-order valence-electron chi connectivity index (χ2n) is 6.28. The molecule has 0 aliphatic carbocycles. The van der Waals surface area contributed by atoms with Gasteiger partial charge in [-0.1, -0.05) is 13.3 Å². The number of carbonyl (C=O) groups excluding carboxylic acids is 1. The molecule has 2 rings (SSSR count). The van der Waals surface area contributed by atoms with Gasteiger partial charge >= 0.3 is 12.0 Å². The number of rotatable bonds is 4. The lowest BCUT2D eigenvalue weighted by molar-refractivity contribution is -0.141. The lowest BCUT2D eigenvalue weighted by atomic mass is 9.97. The van der Waals surface area contributed by atoms with Crippen molar-refractivity contribution in [3.63, 3.8) is 0 Å². The highest BCUT2D eigenvalue weighted by Crippen LogP contribution is 2.23. The van der Waals surface area contributed by atoms with Crippen molar-refractivity contribution in [3.05, 3.63) is 0 Å². The Morgan fingerprint density at radius 2 is 2.10 bits per heavy atom. The molecule has 0 saturated carbocycles. The van der Waals surface area contributed by atoms with Gasteiger partial charge in [0.05, 0.1) is 5.92 Å². The van der Waals surface area contributed by atoms with E-state index in [-0.39, 0.29) is 18.6 Å². The van der Waals surface area contributed by atoms with E-state index in [1.807, 2.05) is 11.8 Å². The number of hydrogen-bond donors (Lipinski definition) is 2. The van der Waals surface area contributed by atoms with Crippen molar-refractivity contribution in [2.75, 3.05) is 26.2 Å². The first-order valence-corrected chi connectivity index (χ1v) is 8.04. The summed E-state index contributed by atoms with van der Waals surface area (Å²) in [7, 11) is 0. The second-order valence-corrected chi connectivity index (χ2v) is 6.28. The molecular weight excluding hydrogens is 270 g/mol. The van der Waals surface area contributed by atoms with Crippen molar-refractivity contribution in [1.29, 1.82) is 0 Å². The molecule has 2 aliphatic heterocycles. The van der Waals surface area contributed by atoms with E-state index in [9.17, 15) is 9.59 Å². The standard InChI is InChI=1S/C15H27N3O3/c1-3-12(14(19)20)8-16-15(21)18-10-13-6-4-5-7-17(13)9-11(18)2/h11-13H,3-10H2,1-2H3,(H,16,21)(H,19,20). The van der Waals surface area contributed by atoms with Gasteiger partial charge in [0.25, 0.3) is 0 Å². The number of nitrogens with one attached hydrogen (secondary N) is 1. The molecule has 2 N–H and O–H groups in total. The van der Waals surface area contributed by atoms with Gasteiger partial charge in [0.2, 0.25) is 0 Å². The SMILES string of the molecule is CCC(CNC(=O)N1CC2CCCCN2CC1C)C(=O)O. The number of carbonyl (C=O) groups is 2. The summed E-state index contributed by atoms with van der Waals surface area (Å²) in [5.41, 5.74) is 0. The van der Waals surface area contributed by atoms with Crippen LogP contribution in [0.3, 0.4) is 0 Å². The van der Waals surface area contributed by atoms with E-state index >= 15 is 0 Å². The van der Waals surface area contributed by atoms with Crippen LogP contribution in [0.2, 0.25) is 0 Å². The van der Waals surface area contributed by atoms with E-state index in [1.165, 1.54) is 12.8 Å². The van der Waals surface area contributed by atoms with Crippen molar-refractivity contribution >= 4 is 12.0 Å². The van der Waals surface area contributed by atoms with Crippen LogP contribution >= 0.6 is 0 Å². The van der Waals surface area contributed by atoms with Crippen molar-refractivity contribution in [3.8, 4) is 0 Å². The number of carboxylic acids is 1. The molecular formula is C15H27N3O3. The number of piperidine rings is 1. The van der Waals surface area contributed by atoms with Crippen LogP contribution in [0, 0.1) is 5.92 Å². The molecule has 0 bridgehead atoms. The number of piperazine rings is 1. The largest absolute Gasteiger partial charge is 0.481 e. The lowest BCUT2D eigenvalue weighted by Gasteiger charge is -2.47. The zero-order valence-corrected chi connectivity index (χ0v) is 13.0. The quantitative estimate of drug-likeness (QED) is 0.822. The number of hydrogen-bond acceptors (Lipinski definition) is 3.